The Hall–Kier alpha value is -1.22. The molecule has 2 rings (SSSR count). The predicted molar refractivity (Wildman–Crippen MR) is 72.6 cm³/mol. The third-order valence-electron chi connectivity index (χ3n) is 3.80. The molecular weight excluding hydrogens is 246 g/mol. The summed E-state index contributed by atoms with van der Waals surface area (Å²) in [6.45, 7) is 0. The lowest BCUT2D eigenvalue weighted by Crippen LogP contribution is -2.05. The number of halogens is 2. The average molecular weight is 266 g/mol. The molecule has 1 aliphatic rings. The van der Waals surface area contributed by atoms with Crippen molar-refractivity contribution in [1.29, 1.82) is 0 Å². The van der Waals surface area contributed by atoms with Crippen molar-refractivity contribution in [2.45, 2.75) is 44.6 Å². The van der Waals surface area contributed by atoms with Crippen LogP contribution >= 0.6 is 0 Å². The third-order valence-corrected chi connectivity index (χ3v) is 3.80. The second kappa shape index (κ2) is 6.80. The van der Waals surface area contributed by atoms with Crippen LogP contribution in [-0.2, 0) is 0 Å². The molecule has 1 N–H and O–H groups in total. The molecule has 1 fully saturated rings. The van der Waals surface area contributed by atoms with Crippen molar-refractivity contribution in [3.05, 3.63) is 41.5 Å². The zero-order valence-electron chi connectivity index (χ0n) is 11.0. The van der Waals surface area contributed by atoms with Crippen molar-refractivity contribution in [2.75, 3.05) is 0 Å². The van der Waals surface area contributed by atoms with Gasteiger partial charge in [-0.05, 0) is 37.0 Å². The Morgan fingerprint density at radius 2 is 2.00 bits per heavy atom. The summed E-state index contributed by atoms with van der Waals surface area (Å²) in [4.78, 5) is 0. The van der Waals surface area contributed by atoms with E-state index in [0.717, 1.165) is 30.5 Å². The highest BCUT2D eigenvalue weighted by Gasteiger charge is 2.15. The molecule has 1 unspecified atom stereocenters. The van der Waals surface area contributed by atoms with Gasteiger partial charge in [0, 0.05) is 5.56 Å². The molecule has 1 nitrogen and oxygen atoms in total. The van der Waals surface area contributed by atoms with E-state index in [4.69, 9.17) is 0 Å². The number of hydrogen-bond acceptors (Lipinski definition) is 1. The van der Waals surface area contributed by atoms with Crippen LogP contribution in [0.5, 0.6) is 0 Å². The molecule has 1 aliphatic carbocycles. The van der Waals surface area contributed by atoms with Gasteiger partial charge in [0.1, 0.15) is 11.6 Å². The molecule has 0 heterocycles. The predicted octanol–water partition coefficient (Wildman–Crippen LogP) is 4.31. The van der Waals surface area contributed by atoms with Crippen molar-refractivity contribution >= 4 is 6.08 Å². The third kappa shape index (κ3) is 4.43. The van der Waals surface area contributed by atoms with Crippen LogP contribution in [0.2, 0.25) is 0 Å². The lowest BCUT2D eigenvalue weighted by atomic mass is 9.99. The zero-order chi connectivity index (χ0) is 13.7. The highest BCUT2D eigenvalue weighted by Crippen LogP contribution is 2.29. The van der Waals surface area contributed by atoms with Gasteiger partial charge in [0.2, 0.25) is 0 Å². The van der Waals surface area contributed by atoms with Crippen LogP contribution in [-0.4, -0.2) is 11.2 Å². The molecule has 1 aromatic rings. The molecule has 0 aliphatic heterocycles. The smallest absolute Gasteiger partial charge is 0.130 e. The Morgan fingerprint density at radius 1 is 1.26 bits per heavy atom. The lowest BCUT2D eigenvalue weighted by molar-refractivity contribution is 0.201. The fourth-order valence-corrected chi connectivity index (χ4v) is 2.66. The van der Waals surface area contributed by atoms with Gasteiger partial charge in [0.25, 0.3) is 0 Å². The Bertz CT molecular complexity index is 436. The van der Waals surface area contributed by atoms with Gasteiger partial charge in [-0.15, -0.1) is 0 Å². The van der Waals surface area contributed by atoms with E-state index in [0.29, 0.717) is 6.42 Å². The minimum atomic E-state index is -0.580. The second-order valence-corrected chi connectivity index (χ2v) is 5.32. The summed E-state index contributed by atoms with van der Waals surface area (Å²) in [7, 11) is 0. The highest BCUT2D eigenvalue weighted by atomic mass is 19.1. The first-order valence-corrected chi connectivity index (χ1v) is 6.96. The maximum absolute atomic E-state index is 13.4. The molecule has 0 aromatic heterocycles. The van der Waals surface area contributed by atoms with E-state index in [1.807, 2.05) is 0 Å². The minimum Gasteiger partial charge on any atom is -0.389 e. The van der Waals surface area contributed by atoms with Crippen LogP contribution in [0.25, 0.3) is 6.08 Å². The summed E-state index contributed by atoms with van der Waals surface area (Å²) in [5.41, 5.74) is 0.180. The van der Waals surface area contributed by atoms with E-state index < -0.39 is 17.7 Å². The molecule has 1 aromatic carbocycles. The van der Waals surface area contributed by atoms with Gasteiger partial charge in [-0.25, -0.2) is 8.78 Å². The monoisotopic (exact) mass is 266 g/mol. The molecule has 0 spiro atoms. The highest BCUT2D eigenvalue weighted by molar-refractivity contribution is 5.50. The summed E-state index contributed by atoms with van der Waals surface area (Å²) in [6.07, 6.45) is 9.24. The summed E-state index contributed by atoms with van der Waals surface area (Å²) in [5.74, 6) is -0.212. The van der Waals surface area contributed by atoms with E-state index in [9.17, 15) is 13.9 Å². The first kappa shape index (κ1) is 14.2. The Kier molecular flexibility index (Phi) is 5.08. The summed E-state index contributed by atoms with van der Waals surface area (Å²) in [5, 5.41) is 9.83. The SMILES string of the molecule is OC(/C=C/c1cc(F)ccc1F)CCC1CCCC1. The van der Waals surface area contributed by atoms with Crippen LogP contribution in [0.1, 0.15) is 44.1 Å². The van der Waals surface area contributed by atoms with Crippen LogP contribution in [0.4, 0.5) is 8.78 Å². The largest absolute Gasteiger partial charge is 0.389 e. The Balaban J connectivity index is 1.84. The quantitative estimate of drug-likeness (QED) is 0.842. The van der Waals surface area contributed by atoms with Gasteiger partial charge >= 0.3 is 0 Å². The molecule has 0 radical (unpaired) electrons. The molecule has 1 saturated carbocycles. The number of rotatable bonds is 5. The van der Waals surface area contributed by atoms with Crippen molar-refractivity contribution in [3.63, 3.8) is 0 Å². The van der Waals surface area contributed by atoms with E-state index >= 15 is 0 Å². The van der Waals surface area contributed by atoms with E-state index in [-0.39, 0.29) is 5.56 Å². The average Bonchev–Trinajstić information content (AvgIpc) is 2.90. The van der Waals surface area contributed by atoms with E-state index in [1.165, 1.54) is 31.8 Å². The van der Waals surface area contributed by atoms with Gasteiger partial charge in [-0.1, -0.05) is 37.8 Å². The Morgan fingerprint density at radius 3 is 2.74 bits per heavy atom. The maximum atomic E-state index is 13.4. The molecule has 19 heavy (non-hydrogen) atoms. The first-order valence-electron chi connectivity index (χ1n) is 6.96. The van der Waals surface area contributed by atoms with E-state index in [2.05, 4.69) is 0 Å². The minimum absolute atomic E-state index is 0.180. The van der Waals surface area contributed by atoms with Crippen LogP contribution < -0.4 is 0 Å². The Labute approximate surface area is 113 Å². The molecule has 104 valence electrons. The van der Waals surface area contributed by atoms with Crippen molar-refractivity contribution in [1.82, 2.24) is 0 Å². The van der Waals surface area contributed by atoms with Crippen LogP contribution in [0, 0.1) is 17.6 Å². The second-order valence-electron chi connectivity index (χ2n) is 5.32. The normalized spacial score (nSPS) is 18.3. The first-order chi connectivity index (χ1) is 9.15. The summed E-state index contributed by atoms with van der Waals surface area (Å²) in [6, 6.07) is 3.32. The van der Waals surface area contributed by atoms with Crippen molar-refractivity contribution in [3.8, 4) is 0 Å². The van der Waals surface area contributed by atoms with Gasteiger partial charge < -0.3 is 5.11 Å². The molecule has 0 saturated heterocycles. The number of aliphatic hydroxyl groups is 1. The van der Waals surface area contributed by atoms with Crippen LogP contribution in [0.3, 0.4) is 0 Å². The van der Waals surface area contributed by atoms with Gasteiger partial charge in [-0.3, -0.25) is 0 Å². The fourth-order valence-electron chi connectivity index (χ4n) is 2.66. The maximum Gasteiger partial charge on any atom is 0.130 e. The summed E-state index contributed by atoms with van der Waals surface area (Å²) < 4.78 is 26.3. The van der Waals surface area contributed by atoms with Gasteiger partial charge in [-0.2, -0.15) is 0 Å². The fraction of sp³-hybridized carbons (Fsp3) is 0.500. The standard InChI is InChI=1S/C16H20F2O/c17-14-7-10-16(18)13(11-14)6-9-15(19)8-5-12-3-1-2-4-12/h6-7,9-12,15,19H,1-5,8H2/b9-6+. The molecule has 3 heteroatoms. The molecular formula is C16H20F2O. The molecule has 0 amide bonds. The summed E-state index contributed by atoms with van der Waals surface area (Å²) >= 11 is 0. The molecule has 1 atom stereocenters. The van der Waals surface area contributed by atoms with Gasteiger partial charge in [0.05, 0.1) is 6.10 Å². The van der Waals surface area contributed by atoms with Crippen molar-refractivity contribution < 1.29 is 13.9 Å². The van der Waals surface area contributed by atoms with E-state index in [1.54, 1.807) is 6.08 Å². The van der Waals surface area contributed by atoms with Crippen LogP contribution in [0.15, 0.2) is 24.3 Å². The van der Waals surface area contributed by atoms with Gasteiger partial charge in [0.15, 0.2) is 0 Å². The topological polar surface area (TPSA) is 20.2 Å². The zero-order valence-corrected chi connectivity index (χ0v) is 11.0. The number of hydrogen-bond donors (Lipinski definition) is 1. The molecule has 0 bridgehead atoms. The lowest BCUT2D eigenvalue weighted by Gasteiger charge is -2.10. The van der Waals surface area contributed by atoms with Crippen molar-refractivity contribution in [2.24, 2.45) is 5.92 Å². The number of aliphatic hydroxyl groups excluding tert-OH is 1. The number of benzene rings is 1.